The SMILES string of the molecule is CC(c1cccc2ccccc12)N(C)CC1CNCCO1. The number of nitrogens with zero attached hydrogens (tertiary/aromatic N) is 1. The van der Waals surface area contributed by atoms with Crippen molar-refractivity contribution in [3.63, 3.8) is 0 Å². The topological polar surface area (TPSA) is 24.5 Å². The fraction of sp³-hybridized carbons (Fsp3) is 0.444. The van der Waals surface area contributed by atoms with Crippen LogP contribution in [0.1, 0.15) is 18.5 Å². The standard InChI is InChI=1S/C18H24N2O/c1-14(20(2)13-16-12-19-10-11-21-16)17-9-5-7-15-6-3-4-8-18(15)17/h3-9,14,16,19H,10-13H2,1-2H3. The van der Waals surface area contributed by atoms with Crippen LogP contribution in [0.2, 0.25) is 0 Å². The monoisotopic (exact) mass is 284 g/mol. The number of benzene rings is 2. The van der Waals surface area contributed by atoms with Gasteiger partial charge in [0.1, 0.15) is 0 Å². The molecule has 0 spiro atoms. The molecule has 21 heavy (non-hydrogen) atoms. The Bertz CT molecular complexity index is 587. The quantitative estimate of drug-likeness (QED) is 0.934. The van der Waals surface area contributed by atoms with Crippen molar-refractivity contribution in [2.45, 2.75) is 19.1 Å². The molecular formula is C18H24N2O. The van der Waals surface area contributed by atoms with E-state index < -0.39 is 0 Å². The first-order valence-corrected chi connectivity index (χ1v) is 7.76. The van der Waals surface area contributed by atoms with Crippen LogP contribution in [0, 0.1) is 0 Å². The molecule has 1 saturated heterocycles. The average molecular weight is 284 g/mol. The molecule has 2 aromatic rings. The fourth-order valence-corrected chi connectivity index (χ4v) is 3.07. The van der Waals surface area contributed by atoms with Crippen molar-refractivity contribution in [2.24, 2.45) is 0 Å². The Morgan fingerprint density at radius 3 is 2.86 bits per heavy atom. The number of nitrogens with one attached hydrogen (secondary N) is 1. The third-order valence-corrected chi connectivity index (χ3v) is 4.43. The second-order valence-electron chi connectivity index (χ2n) is 5.88. The third kappa shape index (κ3) is 3.26. The molecule has 112 valence electrons. The predicted octanol–water partition coefficient (Wildman–Crippen LogP) is 2.82. The molecule has 0 aromatic heterocycles. The number of hydrogen-bond acceptors (Lipinski definition) is 3. The zero-order chi connectivity index (χ0) is 14.7. The Kier molecular flexibility index (Phi) is 4.54. The molecule has 1 aliphatic rings. The lowest BCUT2D eigenvalue weighted by atomic mass is 9.99. The Morgan fingerprint density at radius 1 is 1.24 bits per heavy atom. The van der Waals surface area contributed by atoms with Gasteiger partial charge < -0.3 is 10.1 Å². The molecule has 2 atom stereocenters. The molecular weight excluding hydrogens is 260 g/mol. The molecule has 0 radical (unpaired) electrons. The molecule has 0 aliphatic carbocycles. The lowest BCUT2D eigenvalue weighted by Gasteiger charge is -2.32. The van der Waals surface area contributed by atoms with Crippen LogP contribution < -0.4 is 5.32 Å². The summed E-state index contributed by atoms with van der Waals surface area (Å²) in [5.41, 5.74) is 1.39. The molecule has 1 fully saturated rings. The highest BCUT2D eigenvalue weighted by Gasteiger charge is 2.20. The van der Waals surface area contributed by atoms with E-state index in [1.54, 1.807) is 0 Å². The normalized spacial score (nSPS) is 20.8. The summed E-state index contributed by atoms with van der Waals surface area (Å²) in [5.74, 6) is 0. The summed E-state index contributed by atoms with van der Waals surface area (Å²) in [4.78, 5) is 2.39. The van der Waals surface area contributed by atoms with E-state index in [2.05, 4.69) is 66.7 Å². The number of likely N-dealkylation sites (N-methyl/N-ethyl adjacent to an activating group) is 1. The van der Waals surface area contributed by atoms with Gasteiger partial charge in [-0.1, -0.05) is 42.5 Å². The van der Waals surface area contributed by atoms with E-state index in [0.717, 1.165) is 26.2 Å². The van der Waals surface area contributed by atoms with Gasteiger partial charge in [0, 0.05) is 25.7 Å². The smallest absolute Gasteiger partial charge is 0.0826 e. The van der Waals surface area contributed by atoms with Crippen LogP contribution in [-0.4, -0.2) is 44.3 Å². The number of hydrogen-bond donors (Lipinski definition) is 1. The number of fused-ring (bicyclic) bond motifs is 1. The first-order valence-electron chi connectivity index (χ1n) is 7.76. The largest absolute Gasteiger partial charge is 0.374 e. The van der Waals surface area contributed by atoms with E-state index >= 15 is 0 Å². The van der Waals surface area contributed by atoms with E-state index in [-0.39, 0.29) is 0 Å². The summed E-state index contributed by atoms with van der Waals surface area (Å²) < 4.78 is 5.82. The molecule has 1 aliphatic heterocycles. The van der Waals surface area contributed by atoms with Gasteiger partial charge in [-0.2, -0.15) is 0 Å². The van der Waals surface area contributed by atoms with E-state index in [0.29, 0.717) is 12.1 Å². The van der Waals surface area contributed by atoms with E-state index in [1.807, 2.05) is 0 Å². The van der Waals surface area contributed by atoms with Gasteiger partial charge in [-0.3, -0.25) is 4.90 Å². The molecule has 0 saturated carbocycles. The van der Waals surface area contributed by atoms with Gasteiger partial charge >= 0.3 is 0 Å². The van der Waals surface area contributed by atoms with Crippen LogP contribution >= 0.6 is 0 Å². The molecule has 3 rings (SSSR count). The van der Waals surface area contributed by atoms with Crippen molar-refractivity contribution in [3.05, 3.63) is 48.0 Å². The van der Waals surface area contributed by atoms with Crippen LogP contribution in [0.4, 0.5) is 0 Å². The average Bonchev–Trinajstić information content (AvgIpc) is 2.54. The zero-order valence-electron chi connectivity index (χ0n) is 12.9. The Morgan fingerprint density at radius 2 is 2.05 bits per heavy atom. The minimum Gasteiger partial charge on any atom is -0.374 e. The van der Waals surface area contributed by atoms with Crippen LogP contribution in [0.15, 0.2) is 42.5 Å². The minimum absolute atomic E-state index is 0.293. The molecule has 3 heteroatoms. The maximum atomic E-state index is 5.82. The number of morpholine rings is 1. The molecule has 3 nitrogen and oxygen atoms in total. The fourth-order valence-electron chi connectivity index (χ4n) is 3.07. The lowest BCUT2D eigenvalue weighted by Crippen LogP contribution is -2.44. The van der Waals surface area contributed by atoms with Gasteiger partial charge in [0.2, 0.25) is 0 Å². The Balaban J connectivity index is 1.77. The maximum Gasteiger partial charge on any atom is 0.0826 e. The van der Waals surface area contributed by atoms with Crippen molar-refractivity contribution < 1.29 is 4.74 Å². The molecule has 1 heterocycles. The van der Waals surface area contributed by atoms with Crippen LogP contribution in [-0.2, 0) is 4.74 Å². The van der Waals surface area contributed by atoms with Gasteiger partial charge in [-0.15, -0.1) is 0 Å². The van der Waals surface area contributed by atoms with E-state index in [1.165, 1.54) is 16.3 Å². The summed E-state index contributed by atoms with van der Waals surface area (Å²) in [7, 11) is 2.18. The highest BCUT2D eigenvalue weighted by atomic mass is 16.5. The van der Waals surface area contributed by atoms with Crippen molar-refractivity contribution in [1.29, 1.82) is 0 Å². The molecule has 0 bridgehead atoms. The first-order chi connectivity index (χ1) is 10.3. The summed E-state index contributed by atoms with van der Waals surface area (Å²) >= 11 is 0. The highest BCUT2D eigenvalue weighted by Crippen LogP contribution is 2.27. The van der Waals surface area contributed by atoms with Gasteiger partial charge in [0.15, 0.2) is 0 Å². The van der Waals surface area contributed by atoms with Gasteiger partial charge in [-0.05, 0) is 30.3 Å². The maximum absolute atomic E-state index is 5.82. The van der Waals surface area contributed by atoms with Gasteiger partial charge in [-0.25, -0.2) is 0 Å². The second-order valence-corrected chi connectivity index (χ2v) is 5.88. The number of ether oxygens (including phenoxy) is 1. The van der Waals surface area contributed by atoms with Crippen molar-refractivity contribution in [1.82, 2.24) is 10.2 Å². The highest BCUT2D eigenvalue weighted by molar-refractivity contribution is 5.86. The molecule has 2 aromatic carbocycles. The van der Waals surface area contributed by atoms with Crippen molar-refractivity contribution in [2.75, 3.05) is 33.3 Å². The minimum atomic E-state index is 0.293. The van der Waals surface area contributed by atoms with E-state index in [4.69, 9.17) is 4.74 Å². The van der Waals surface area contributed by atoms with Gasteiger partial charge in [0.25, 0.3) is 0 Å². The Hall–Kier alpha value is -1.42. The summed E-state index contributed by atoms with van der Waals surface area (Å²) in [6.07, 6.45) is 0.293. The van der Waals surface area contributed by atoms with Gasteiger partial charge in [0.05, 0.1) is 12.7 Å². The summed E-state index contributed by atoms with van der Waals surface area (Å²) in [6, 6.07) is 15.6. The zero-order valence-corrected chi connectivity index (χ0v) is 12.9. The van der Waals surface area contributed by atoms with Crippen molar-refractivity contribution in [3.8, 4) is 0 Å². The summed E-state index contributed by atoms with van der Waals surface area (Å²) in [6.45, 7) is 5.97. The third-order valence-electron chi connectivity index (χ3n) is 4.43. The second kappa shape index (κ2) is 6.56. The number of rotatable bonds is 4. The van der Waals surface area contributed by atoms with E-state index in [9.17, 15) is 0 Å². The molecule has 0 amide bonds. The first kappa shape index (κ1) is 14.5. The van der Waals surface area contributed by atoms with Crippen LogP contribution in [0.5, 0.6) is 0 Å². The van der Waals surface area contributed by atoms with Crippen molar-refractivity contribution >= 4 is 10.8 Å². The van der Waals surface area contributed by atoms with Crippen LogP contribution in [0.25, 0.3) is 10.8 Å². The Labute approximate surface area is 126 Å². The van der Waals surface area contributed by atoms with Crippen LogP contribution in [0.3, 0.4) is 0 Å². The molecule has 1 N–H and O–H groups in total. The lowest BCUT2D eigenvalue weighted by molar-refractivity contribution is 0.00403. The summed E-state index contributed by atoms with van der Waals surface area (Å²) in [5, 5.41) is 6.06. The predicted molar refractivity (Wildman–Crippen MR) is 87.6 cm³/mol. The molecule has 2 unspecified atom stereocenters.